The van der Waals surface area contributed by atoms with Crippen LogP contribution in [0.3, 0.4) is 0 Å². The minimum atomic E-state index is -3.55. The third kappa shape index (κ3) is 3.18. The van der Waals surface area contributed by atoms with E-state index >= 15 is 0 Å². The zero-order valence-electron chi connectivity index (χ0n) is 13.4. The fourth-order valence-electron chi connectivity index (χ4n) is 3.35. The predicted molar refractivity (Wildman–Crippen MR) is 88.4 cm³/mol. The highest BCUT2D eigenvalue weighted by Crippen LogP contribution is 2.35. The Balaban J connectivity index is 1.94. The van der Waals surface area contributed by atoms with E-state index in [4.69, 9.17) is 4.74 Å². The number of nitrogens with zero attached hydrogens (tertiary/aromatic N) is 2. The molecule has 1 fully saturated rings. The quantitative estimate of drug-likeness (QED) is 0.898. The van der Waals surface area contributed by atoms with Crippen LogP contribution in [-0.2, 0) is 10.0 Å². The maximum Gasteiger partial charge on any atom is 0.243 e. The molecule has 6 nitrogen and oxygen atoms in total. The van der Waals surface area contributed by atoms with Crippen molar-refractivity contribution in [1.82, 2.24) is 4.31 Å². The van der Waals surface area contributed by atoms with E-state index in [0.717, 1.165) is 37.2 Å². The molecule has 2 aliphatic heterocycles. The summed E-state index contributed by atoms with van der Waals surface area (Å²) in [4.78, 5) is 2.32. The predicted octanol–water partition coefficient (Wildman–Crippen LogP) is 1.44. The van der Waals surface area contributed by atoms with Crippen LogP contribution in [0.1, 0.15) is 25.7 Å². The average Bonchev–Trinajstić information content (AvgIpc) is 2.55. The Labute approximate surface area is 137 Å². The van der Waals surface area contributed by atoms with Crippen LogP contribution in [0.2, 0.25) is 0 Å². The molecule has 1 atom stereocenters. The number of anilines is 1. The van der Waals surface area contributed by atoms with Crippen molar-refractivity contribution in [2.24, 2.45) is 0 Å². The number of sulfonamides is 1. The van der Waals surface area contributed by atoms with Crippen LogP contribution >= 0.6 is 0 Å². The number of hydrogen-bond donors (Lipinski definition) is 1. The van der Waals surface area contributed by atoms with Gasteiger partial charge in [-0.1, -0.05) is 6.42 Å². The highest BCUT2D eigenvalue weighted by molar-refractivity contribution is 7.89. The van der Waals surface area contributed by atoms with Gasteiger partial charge in [-0.25, -0.2) is 8.42 Å². The SMILES string of the molecule is CN1CCOc2ccc(S(=O)(=O)N3CCCCC3CCO)cc21. The topological polar surface area (TPSA) is 70.1 Å². The van der Waals surface area contributed by atoms with E-state index < -0.39 is 10.0 Å². The molecule has 1 aromatic carbocycles. The number of ether oxygens (including phenoxy) is 1. The lowest BCUT2D eigenvalue weighted by atomic mass is 10.0. The molecule has 1 aromatic rings. The van der Waals surface area contributed by atoms with Crippen LogP contribution in [0.25, 0.3) is 0 Å². The van der Waals surface area contributed by atoms with E-state index in [1.807, 2.05) is 11.9 Å². The zero-order valence-corrected chi connectivity index (χ0v) is 14.3. The molecule has 3 rings (SSSR count). The number of likely N-dealkylation sites (N-methyl/N-ethyl adjacent to an activating group) is 1. The van der Waals surface area contributed by atoms with Gasteiger partial charge in [0.1, 0.15) is 12.4 Å². The number of benzene rings is 1. The van der Waals surface area contributed by atoms with Crippen molar-refractivity contribution >= 4 is 15.7 Å². The van der Waals surface area contributed by atoms with Crippen LogP contribution in [0.5, 0.6) is 5.75 Å². The molecule has 2 heterocycles. The molecule has 0 saturated carbocycles. The Morgan fingerprint density at radius 2 is 2.13 bits per heavy atom. The van der Waals surface area contributed by atoms with Crippen LogP contribution in [0.4, 0.5) is 5.69 Å². The van der Waals surface area contributed by atoms with Gasteiger partial charge in [-0.2, -0.15) is 4.31 Å². The molecule has 128 valence electrons. The molecular formula is C16H24N2O4S. The number of piperidine rings is 1. The fourth-order valence-corrected chi connectivity index (χ4v) is 5.10. The summed E-state index contributed by atoms with van der Waals surface area (Å²) < 4.78 is 33.3. The molecule has 0 radical (unpaired) electrons. The number of fused-ring (bicyclic) bond motifs is 1. The molecule has 0 spiro atoms. The van der Waals surface area contributed by atoms with Gasteiger partial charge in [-0.05, 0) is 37.5 Å². The Kier molecular flexibility index (Phi) is 4.79. The van der Waals surface area contributed by atoms with Gasteiger partial charge < -0.3 is 14.7 Å². The molecule has 0 aromatic heterocycles. The summed E-state index contributed by atoms with van der Waals surface area (Å²) in [5.74, 6) is 0.725. The number of rotatable bonds is 4. The first-order chi connectivity index (χ1) is 11.0. The molecule has 1 saturated heterocycles. The molecular weight excluding hydrogens is 316 g/mol. The zero-order chi connectivity index (χ0) is 16.4. The minimum Gasteiger partial charge on any atom is -0.490 e. The lowest BCUT2D eigenvalue weighted by Gasteiger charge is -2.35. The summed E-state index contributed by atoms with van der Waals surface area (Å²) in [6, 6.07) is 4.96. The average molecular weight is 340 g/mol. The van der Waals surface area contributed by atoms with Gasteiger partial charge in [0.25, 0.3) is 0 Å². The normalized spacial score (nSPS) is 22.5. The van der Waals surface area contributed by atoms with Gasteiger partial charge in [0.05, 0.1) is 17.1 Å². The summed E-state index contributed by atoms with van der Waals surface area (Å²) in [5.41, 5.74) is 0.813. The molecule has 1 unspecified atom stereocenters. The number of hydrogen-bond acceptors (Lipinski definition) is 5. The van der Waals surface area contributed by atoms with Crippen molar-refractivity contribution in [1.29, 1.82) is 0 Å². The third-order valence-corrected chi connectivity index (χ3v) is 6.62. The standard InChI is InChI=1S/C16H24N2O4S/c1-17-9-11-22-16-6-5-14(12-15(16)17)23(20,21)18-8-3-2-4-13(18)7-10-19/h5-6,12-13,19H,2-4,7-11H2,1H3. The summed E-state index contributed by atoms with van der Waals surface area (Å²) >= 11 is 0. The van der Waals surface area contributed by atoms with Crippen molar-refractivity contribution in [2.75, 3.05) is 38.3 Å². The van der Waals surface area contributed by atoms with E-state index in [1.54, 1.807) is 22.5 Å². The third-order valence-electron chi connectivity index (χ3n) is 4.67. The van der Waals surface area contributed by atoms with E-state index in [2.05, 4.69) is 0 Å². The van der Waals surface area contributed by atoms with Crippen LogP contribution in [-0.4, -0.2) is 57.2 Å². The van der Waals surface area contributed by atoms with Gasteiger partial charge in [0.15, 0.2) is 0 Å². The second kappa shape index (κ2) is 6.67. The van der Waals surface area contributed by atoms with E-state index in [9.17, 15) is 13.5 Å². The first kappa shape index (κ1) is 16.5. The fraction of sp³-hybridized carbons (Fsp3) is 0.625. The van der Waals surface area contributed by atoms with Crippen molar-refractivity contribution in [3.8, 4) is 5.75 Å². The highest BCUT2D eigenvalue weighted by atomic mass is 32.2. The van der Waals surface area contributed by atoms with Gasteiger partial charge in [0.2, 0.25) is 10.0 Å². The Morgan fingerprint density at radius 3 is 2.91 bits per heavy atom. The highest BCUT2D eigenvalue weighted by Gasteiger charge is 2.33. The van der Waals surface area contributed by atoms with E-state index in [-0.39, 0.29) is 12.6 Å². The Hall–Kier alpha value is -1.31. The summed E-state index contributed by atoms with van der Waals surface area (Å²) in [7, 11) is -1.61. The van der Waals surface area contributed by atoms with E-state index in [0.29, 0.717) is 24.5 Å². The molecule has 0 bridgehead atoms. The monoisotopic (exact) mass is 340 g/mol. The van der Waals surface area contributed by atoms with Crippen molar-refractivity contribution in [3.63, 3.8) is 0 Å². The van der Waals surface area contributed by atoms with Gasteiger partial charge in [-0.3, -0.25) is 0 Å². The first-order valence-electron chi connectivity index (χ1n) is 8.15. The Bertz CT molecular complexity index is 660. The molecule has 7 heteroatoms. The molecule has 1 N–H and O–H groups in total. The van der Waals surface area contributed by atoms with Crippen molar-refractivity contribution in [3.05, 3.63) is 18.2 Å². The van der Waals surface area contributed by atoms with Crippen LogP contribution in [0.15, 0.2) is 23.1 Å². The second-order valence-corrected chi connectivity index (χ2v) is 8.07. The second-order valence-electron chi connectivity index (χ2n) is 6.18. The molecule has 2 aliphatic rings. The molecule has 23 heavy (non-hydrogen) atoms. The smallest absolute Gasteiger partial charge is 0.243 e. The summed E-state index contributed by atoms with van der Waals surface area (Å²) in [6.07, 6.45) is 3.19. The maximum atomic E-state index is 13.0. The van der Waals surface area contributed by atoms with Gasteiger partial charge >= 0.3 is 0 Å². The lowest BCUT2D eigenvalue weighted by Crippen LogP contribution is -2.44. The van der Waals surface area contributed by atoms with Crippen molar-refractivity contribution < 1.29 is 18.3 Å². The number of aliphatic hydroxyl groups is 1. The molecule has 0 aliphatic carbocycles. The van der Waals surface area contributed by atoms with Crippen LogP contribution < -0.4 is 9.64 Å². The van der Waals surface area contributed by atoms with Crippen molar-refractivity contribution in [2.45, 2.75) is 36.6 Å². The summed E-state index contributed by atoms with van der Waals surface area (Å²) in [5, 5.41) is 9.22. The molecule has 0 amide bonds. The minimum absolute atomic E-state index is 0.0114. The van der Waals surface area contributed by atoms with Crippen LogP contribution in [0, 0.1) is 0 Å². The van der Waals surface area contributed by atoms with Gasteiger partial charge in [0, 0.05) is 26.2 Å². The van der Waals surface area contributed by atoms with Gasteiger partial charge in [-0.15, -0.1) is 0 Å². The summed E-state index contributed by atoms with van der Waals surface area (Å²) in [6.45, 7) is 1.89. The largest absolute Gasteiger partial charge is 0.490 e. The first-order valence-corrected chi connectivity index (χ1v) is 9.59. The van der Waals surface area contributed by atoms with E-state index in [1.165, 1.54) is 0 Å². The Morgan fingerprint density at radius 1 is 1.30 bits per heavy atom. The maximum absolute atomic E-state index is 13.0. The number of aliphatic hydroxyl groups excluding tert-OH is 1. The lowest BCUT2D eigenvalue weighted by molar-refractivity contribution is 0.192.